The lowest BCUT2D eigenvalue weighted by atomic mass is 9.90. The Morgan fingerprint density at radius 1 is 1.33 bits per heavy atom. The summed E-state index contributed by atoms with van der Waals surface area (Å²) in [6.07, 6.45) is 6.19. The van der Waals surface area contributed by atoms with Crippen molar-refractivity contribution in [3.05, 3.63) is 27.7 Å². The predicted molar refractivity (Wildman–Crippen MR) is 91.0 cm³/mol. The number of benzene rings is 1. The van der Waals surface area contributed by atoms with Crippen molar-refractivity contribution < 1.29 is 4.74 Å². The molecule has 0 saturated heterocycles. The molecule has 1 aliphatic carbocycles. The molecule has 0 spiro atoms. The standard InChI is InChI=1S/C18H26BrNO/c1-12(2)7-13(11-20-17-3-4-17)8-15-10-16(19)9-14-5-6-21-18(14)15/h9-10,12-13,17,20H,3-8,11H2,1-2H3. The van der Waals surface area contributed by atoms with E-state index in [4.69, 9.17) is 4.74 Å². The summed E-state index contributed by atoms with van der Waals surface area (Å²) in [6, 6.07) is 5.27. The minimum atomic E-state index is 0.702. The molecule has 1 saturated carbocycles. The van der Waals surface area contributed by atoms with Crippen molar-refractivity contribution in [3.8, 4) is 5.75 Å². The summed E-state index contributed by atoms with van der Waals surface area (Å²) >= 11 is 3.66. The largest absolute Gasteiger partial charge is 0.493 e. The van der Waals surface area contributed by atoms with Crippen LogP contribution in [0.4, 0.5) is 0 Å². The van der Waals surface area contributed by atoms with Crippen LogP contribution in [0.3, 0.4) is 0 Å². The highest BCUT2D eigenvalue weighted by molar-refractivity contribution is 9.10. The SMILES string of the molecule is CC(C)CC(CNC1CC1)Cc1cc(Br)cc2c1OCC2. The molecule has 0 amide bonds. The monoisotopic (exact) mass is 351 g/mol. The fraction of sp³-hybridized carbons (Fsp3) is 0.667. The third-order valence-electron chi connectivity index (χ3n) is 4.41. The van der Waals surface area contributed by atoms with E-state index in [2.05, 4.69) is 47.2 Å². The van der Waals surface area contributed by atoms with E-state index in [0.29, 0.717) is 5.92 Å². The van der Waals surface area contributed by atoms with Gasteiger partial charge < -0.3 is 10.1 Å². The van der Waals surface area contributed by atoms with E-state index in [1.165, 1.54) is 40.6 Å². The Bertz CT molecular complexity index is 496. The van der Waals surface area contributed by atoms with Crippen molar-refractivity contribution >= 4 is 15.9 Å². The molecule has 0 radical (unpaired) electrons. The zero-order valence-electron chi connectivity index (χ0n) is 13.1. The topological polar surface area (TPSA) is 21.3 Å². The summed E-state index contributed by atoms with van der Waals surface area (Å²) in [5, 5.41) is 3.71. The zero-order valence-corrected chi connectivity index (χ0v) is 14.7. The van der Waals surface area contributed by atoms with E-state index in [9.17, 15) is 0 Å². The Hall–Kier alpha value is -0.540. The first-order chi connectivity index (χ1) is 10.1. The Balaban J connectivity index is 1.71. The molecule has 3 rings (SSSR count). The van der Waals surface area contributed by atoms with Crippen LogP contribution in [0.5, 0.6) is 5.75 Å². The molecule has 116 valence electrons. The second kappa shape index (κ2) is 6.70. The number of hydrogen-bond acceptors (Lipinski definition) is 2. The van der Waals surface area contributed by atoms with E-state index in [0.717, 1.165) is 38.0 Å². The van der Waals surface area contributed by atoms with Gasteiger partial charge in [-0.15, -0.1) is 0 Å². The van der Waals surface area contributed by atoms with E-state index < -0.39 is 0 Å². The summed E-state index contributed by atoms with van der Waals surface area (Å²) in [5.74, 6) is 2.61. The van der Waals surface area contributed by atoms with Crippen LogP contribution in [0.25, 0.3) is 0 Å². The maximum atomic E-state index is 5.89. The zero-order chi connectivity index (χ0) is 14.8. The first-order valence-corrected chi connectivity index (χ1v) is 9.08. The summed E-state index contributed by atoms with van der Waals surface area (Å²) in [7, 11) is 0. The fourth-order valence-corrected chi connectivity index (χ4v) is 3.89. The van der Waals surface area contributed by atoms with Crippen LogP contribution < -0.4 is 10.1 Å². The molecule has 3 heteroatoms. The summed E-state index contributed by atoms with van der Waals surface area (Å²) in [4.78, 5) is 0. The van der Waals surface area contributed by atoms with E-state index >= 15 is 0 Å². The van der Waals surface area contributed by atoms with E-state index in [-0.39, 0.29) is 0 Å². The molecule has 0 aromatic heterocycles. The average molecular weight is 352 g/mol. The van der Waals surface area contributed by atoms with Gasteiger partial charge >= 0.3 is 0 Å². The van der Waals surface area contributed by atoms with Gasteiger partial charge in [0.1, 0.15) is 5.75 Å². The molecule has 1 aromatic carbocycles. The Morgan fingerprint density at radius 2 is 2.14 bits per heavy atom. The van der Waals surface area contributed by atoms with Gasteiger partial charge in [0.25, 0.3) is 0 Å². The van der Waals surface area contributed by atoms with Gasteiger partial charge in [0.05, 0.1) is 6.61 Å². The highest BCUT2D eigenvalue weighted by Gasteiger charge is 2.24. The van der Waals surface area contributed by atoms with Crippen LogP contribution in [0, 0.1) is 11.8 Å². The molecule has 1 unspecified atom stereocenters. The van der Waals surface area contributed by atoms with Crippen molar-refractivity contribution in [2.24, 2.45) is 11.8 Å². The van der Waals surface area contributed by atoms with Crippen LogP contribution in [-0.2, 0) is 12.8 Å². The molecular weight excluding hydrogens is 326 g/mol. The first kappa shape index (κ1) is 15.4. The molecule has 2 aliphatic rings. The van der Waals surface area contributed by atoms with Crippen molar-refractivity contribution in [3.63, 3.8) is 0 Å². The van der Waals surface area contributed by atoms with Gasteiger partial charge in [-0.2, -0.15) is 0 Å². The highest BCUT2D eigenvalue weighted by atomic mass is 79.9. The quantitative estimate of drug-likeness (QED) is 0.788. The predicted octanol–water partition coefficient (Wildman–Crippen LogP) is 4.34. The number of hydrogen-bond donors (Lipinski definition) is 1. The van der Waals surface area contributed by atoms with Gasteiger partial charge in [-0.3, -0.25) is 0 Å². The number of nitrogens with one attached hydrogen (secondary N) is 1. The van der Waals surface area contributed by atoms with Crippen LogP contribution >= 0.6 is 15.9 Å². The molecular formula is C18H26BrNO. The minimum absolute atomic E-state index is 0.702. The Labute approximate surface area is 136 Å². The first-order valence-electron chi connectivity index (χ1n) is 8.29. The third-order valence-corrected chi connectivity index (χ3v) is 4.87. The van der Waals surface area contributed by atoms with E-state index in [1.807, 2.05) is 0 Å². The van der Waals surface area contributed by atoms with Gasteiger partial charge in [-0.25, -0.2) is 0 Å². The number of ether oxygens (including phenoxy) is 1. The Kier molecular flexibility index (Phi) is 4.90. The minimum Gasteiger partial charge on any atom is -0.493 e. The number of fused-ring (bicyclic) bond motifs is 1. The molecule has 21 heavy (non-hydrogen) atoms. The van der Waals surface area contributed by atoms with Crippen molar-refractivity contribution in [1.29, 1.82) is 0 Å². The smallest absolute Gasteiger partial charge is 0.125 e. The lowest BCUT2D eigenvalue weighted by Crippen LogP contribution is -2.27. The summed E-state index contributed by atoms with van der Waals surface area (Å²) < 4.78 is 7.08. The highest BCUT2D eigenvalue weighted by Crippen LogP contribution is 2.35. The molecule has 2 nitrogen and oxygen atoms in total. The normalized spacial score (nSPS) is 18.7. The molecule has 1 aliphatic heterocycles. The lowest BCUT2D eigenvalue weighted by Gasteiger charge is -2.21. The fourth-order valence-electron chi connectivity index (χ4n) is 3.33. The van der Waals surface area contributed by atoms with Gasteiger partial charge in [-0.05, 0) is 67.3 Å². The molecule has 1 atom stereocenters. The average Bonchev–Trinajstić information content (AvgIpc) is 3.12. The van der Waals surface area contributed by atoms with Crippen LogP contribution in [0.2, 0.25) is 0 Å². The second-order valence-electron chi connectivity index (χ2n) is 7.03. The molecule has 1 N–H and O–H groups in total. The Morgan fingerprint density at radius 3 is 2.86 bits per heavy atom. The van der Waals surface area contributed by atoms with Crippen LogP contribution in [0.15, 0.2) is 16.6 Å². The van der Waals surface area contributed by atoms with Crippen LogP contribution in [0.1, 0.15) is 44.2 Å². The number of halogens is 1. The van der Waals surface area contributed by atoms with Gasteiger partial charge in [-0.1, -0.05) is 29.8 Å². The van der Waals surface area contributed by atoms with E-state index in [1.54, 1.807) is 0 Å². The molecule has 1 aromatic rings. The lowest BCUT2D eigenvalue weighted by molar-refractivity contribution is 0.343. The third kappa shape index (κ3) is 4.23. The molecule has 0 bridgehead atoms. The van der Waals surface area contributed by atoms with Crippen molar-refractivity contribution in [2.45, 2.75) is 52.0 Å². The van der Waals surface area contributed by atoms with Crippen molar-refractivity contribution in [1.82, 2.24) is 5.32 Å². The molecule has 1 fully saturated rings. The summed E-state index contributed by atoms with van der Waals surface area (Å²) in [6.45, 7) is 6.63. The van der Waals surface area contributed by atoms with Crippen LogP contribution in [-0.4, -0.2) is 19.2 Å². The van der Waals surface area contributed by atoms with Crippen molar-refractivity contribution in [2.75, 3.05) is 13.2 Å². The molecule has 1 heterocycles. The van der Waals surface area contributed by atoms with Gasteiger partial charge in [0, 0.05) is 16.9 Å². The summed E-state index contributed by atoms with van der Waals surface area (Å²) in [5.41, 5.74) is 2.76. The van der Waals surface area contributed by atoms with Gasteiger partial charge in [0.2, 0.25) is 0 Å². The van der Waals surface area contributed by atoms with Gasteiger partial charge in [0.15, 0.2) is 0 Å². The maximum Gasteiger partial charge on any atom is 0.125 e. The number of rotatable bonds is 7. The maximum absolute atomic E-state index is 5.89. The second-order valence-corrected chi connectivity index (χ2v) is 7.95.